The molecule has 1 aliphatic heterocycles. The number of rotatable bonds is 8. The average molecular weight is 404 g/mol. The molecular formula is C22H37N5O2. The Hall–Kier alpha value is -1.73. The van der Waals surface area contributed by atoms with Gasteiger partial charge in [0.2, 0.25) is 6.41 Å². The molecule has 1 aromatic rings. The zero-order valence-corrected chi connectivity index (χ0v) is 18.6. The molecule has 0 bridgehead atoms. The van der Waals surface area contributed by atoms with E-state index in [2.05, 4.69) is 48.9 Å². The predicted octanol–water partition coefficient (Wildman–Crippen LogP) is 2.35. The van der Waals surface area contributed by atoms with Gasteiger partial charge in [-0.2, -0.15) is 0 Å². The van der Waals surface area contributed by atoms with E-state index in [0.29, 0.717) is 18.7 Å². The first kappa shape index (κ1) is 22.0. The summed E-state index contributed by atoms with van der Waals surface area (Å²) >= 11 is 0. The lowest BCUT2D eigenvalue weighted by molar-refractivity contribution is -0.110. The van der Waals surface area contributed by atoms with Crippen LogP contribution in [0.3, 0.4) is 0 Å². The number of piperazine rings is 1. The van der Waals surface area contributed by atoms with E-state index in [0.717, 1.165) is 68.7 Å². The van der Waals surface area contributed by atoms with Crippen LogP contribution in [0.5, 0.6) is 0 Å². The van der Waals surface area contributed by atoms with Gasteiger partial charge in [0, 0.05) is 50.3 Å². The fourth-order valence-corrected chi connectivity index (χ4v) is 4.33. The highest BCUT2D eigenvalue weighted by atomic mass is 16.5. The van der Waals surface area contributed by atoms with Crippen molar-refractivity contribution in [1.82, 2.24) is 20.2 Å². The molecule has 1 aromatic heterocycles. The van der Waals surface area contributed by atoms with Gasteiger partial charge in [-0.25, -0.2) is 9.97 Å². The highest BCUT2D eigenvalue weighted by molar-refractivity contribution is 5.47. The fraction of sp³-hybridized carbons (Fsp3) is 0.773. The van der Waals surface area contributed by atoms with Crippen LogP contribution in [-0.2, 0) is 21.6 Å². The van der Waals surface area contributed by atoms with Crippen LogP contribution < -0.4 is 10.2 Å². The molecule has 1 amide bonds. The van der Waals surface area contributed by atoms with Gasteiger partial charge in [0.25, 0.3) is 0 Å². The zero-order chi connectivity index (χ0) is 21.0. The summed E-state index contributed by atoms with van der Waals surface area (Å²) in [6, 6.07) is 2.90. The SMILES string of the molecule is COCc1cc(N2CCN(CCC3CC(NC=O)C3)CC2C)nc(C(C)(C)C)n1. The average Bonchev–Trinajstić information content (AvgIpc) is 2.63. The predicted molar refractivity (Wildman–Crippen MR) is 115 cm³/mol. The molecule has 162 valence electrons. The van der Waals surface area contributed by atoms with Crippen molar-refractivity contribution in [1.29, 1.82) is 0 Å². The molecule has 2 heterocycles. The van der Waals surface area contributed by atoms with Crippen molar-refractivity contribution >= 4 is 12.2 Å². The van der Waals surface area contributed by atoms with Gasteiger partial charge < -0.3 is 15.0 Å². The van der Waals surface area contributed by atoms with Crippen LogP contribution in [0.25, 0.3) is 0 Å². The summed E-state index contributed by atoms with van der Waals surface area (Å²) < 4.78 is 5.33. The Balaban J connectivity index is 1.58. The molecule has 1 atom stereocenters. The van der Waals surface area contributed by atoms with E-state index >= 15 is 0 Å². The van der Waals surface area contributed by atoms with Crippen molar-refractivity contribution in [2.75, 3.05) is 38.2 Å². The lowest BCUT2D eigenvalue weighted by Gasteiger charge is -2.42. The molecule has 0 spiro atoms. The lowest BCUT2D eigenvalue weighted by Crippen LogP contribution is -2.53. The number of aromatic nitrogens is 2. The third-order valence-electron chi connectivity index (χ3n) is 6.13. The topological polar surface area (TPSA) is 70.6 Å². The standard InChI is InChI=1S/C22H37N5O2/c1-16-13-26(7-6-17-10-18(11-17)23-15-28)8-9-27(16)20-12-19(14-29-5)24-21(25-20)22(2,3)4/h12,15-18H,6-11,13-14H2,1-5H3,(H,23,28). The van der Waals surface area contributed by atoms with Crippen molar-refractivity contribution in [3.8, 4) is 0 Å². The quantitative estimate of drug-likeness (QED) is 0.672. The number of methoxy groups -OCH3 is 1. The second kappa shape index (κ2) is 9.39. The second-order valence-corrected chi connectivity index (χ2v) is 9.67. The van der Waals surface area contributed by atoms with E-state index in [1.165, 1.54) is 6.42 Å². The smallest absolute Gasteiger partial charge is 0.207 e. The normalized spacial score (nSPS) is 25.6. The van der Waals surface area contributed by atoms with Crippen LogP contribution in [0.2, 0.25) is 0 Å². The van der Waals surface area contributed by atoms with Crippen LogP contribution in [-0.4, -0.2) is 66.7 Å². The van der Waals surface area contributed by atoms with Crippen molar-refractivity contribution in [2.45, 2.75) is 71.1 Å². The fourth-order valence-electron chi connectivity index (χ4n) is 4.33. The van der Waals surface area contributed by atoms with E-state index in [1.807, 2.05) is 0 Å². The van der Waals surface area contributed by atoms with Crippen LogP contribution >= 0.6 is 0 Å². The van der Waals surface area contributed by atoms with Gasteiger partial charge in [0.05, 0.1) is 12.3 Å². The number of hydrogen-bond donors (Lipinski definition) is 1. The number of amides is 1. The first-order chi connectivity index (χ1) is 13.8. The molecule has 3 rings (SSSR count). The Labute approximate surface area is 175 Å². The molecule has 2 aliphatic rings. The molecule has 7 nitrogen and oxygen atoms in total. The van der Waals surface area contributed by atoms with Crippen molar-refractivity contribution in [3.05, 3.63) is 17.6 Å². The van der Waals surface area contributed by atoms with Crippen LogP contribution in [0, 0.1) is 5.92 Å². The highest BCUT2D eigenvalue weighted by Gasteiger charge is 2.31. The Kier molecular flexibility index (Phi) is 7.11. The first-order valence-electron chi connectivity index (χ1n) is 10.9. The number of nitrogens with one attached hydrogen (secondary N) is 1. The maximum Gasteiger partial charge on any atom is 0.207 e. The number of carbonyl (C=O) groups excluding carboxylic acids is 1. The van der Waals surface area contributed by atoms with Crippen molar-refractivity contribution in [2.24, 2.45) is 5.92 Å². The molecule has 0 aromatic carbocycles. The van der Waals surface area contributed by atoms with Gasteiger partial charge >= 0.3 is 0 Å². The molecule has 1 saturated carbocycles. The number of ether oxygens (including phenoxy) is 1. The molecule has 0 radical (unpaired) electrons. The Morgan fingerprint density at radius 1 is 1.28 bits per heavy atom. The summed E-state index contributed by atoms with van der Waals surface area (Å²) in [6.45, 7) is 13.5. The van der Waals surface area contributed by atoms with Crippen molar-refractivity contribution in [3.63, 3.8) is 0 Å². The summed E-state index contributed by atoms with van der Waals surface area (Å²) in [7, 11) is 1.71. The maximum atomic E-state index is 10.5. The van der Waals surface area contributed by atoms with E-state index in [-0.39, 0.29) is 5.41 Å². The number of hydrogen-bond acceptors (Lipinski definition) is 6. The summed E-state index contributed by atoms with van der Waals surface area (Å²) in [4.78, 5) is 25.1. The van der Waals surface area contributed by atoms with Gasteiger partial charge in [0.15, 0.2) is 0 Å². The Morgan fingerprint density at radius 3 is 2.66 bits per heavy atom. The van der Waals surface area contributed by atoms with E-state index < -0.39 is 0 Å². The van der Waals surface area contributed by atoms with Gasteiger partial charge in [-0.1, -0.05) is 20.8 Å². The second-order valence-electron chi connectivity index (χ2n) is 9.67. The molecule has 29 heavy (non-hydrogen) atoms. The Morgan fingerprint density at radius 2 is 2.03 bits per heavy atom. The van der Waals surface area contributed by atoms with Crippen LogP contribution in [0.15, 0.2) is 6.07 Å². The highest BCUT2D eigenvalue weighted by Crippen LogP contribution is 2.31. The molecule has 7 heteroatoms. The molecular weight excluding hydrogens is 366 g/mol. The van der Waals surface area contributed by atoms with Crippen LogP contribution in [0.1, 0.15) is 58.5 Å². The van der Waals surface area contributed by atoms with E-state index in [4.69, 9.17) is 14.7 Å². The third kappa shape index (κ3) is 5.66. The van der Waals surface area contributed by atoms with Crippen LogP contribution in [0.4, 0.5) is 5.82 Å². The minimum Gasteiger partial charge on any atom is -0.378 e. The molecule has 1 aliphatic carbocycles. The monoisotopic (exact) mass is 403 g/mol. The molecule has 1 N–H and O–H groups in total. The third-order valence-corrected chi connectivity index (χ3v) is 6.13. The molecule has 2 fully saturated rings. The summed E-state index contributed by atoms with van der Waals surface area (Å²) in [5.41, 5.74) is 0.851. The Bertz CT molecular complexity index is 684. The van der Waals surface area contributed by atoms with Gasteiger partial charge in [-0.05, 0) is 38.6 Å². The van der Waals surface area contributed by atoms with Crippen molar-refractivity contribution < 1.29 is 9.53 Å². The zero-order valence-electron chi connectivity index (χ0n) is 18.6. The maximum absolute atomic E-state index is 10.5. The summed E-state index contributed by atoms with van der Waals surface area (Å²) in [5, 5.41) is 2.89. The number of anilines is 1. The first-order valence-corrected chi connectivity index (χ1v) is 10.9. The van der Waals surface area contributed by atoms with Gasteiger partial charge in [0.1, 0.15) is 11.6 Å². The lowest BCUT2D eigenvalue weighted by atomic mass is 9.78. The number of carbonyl (C=O) groups is 1. The molecule has 1 saturated heterocycles. The molecule has 1 unspecified atom stereocenters. The van der Waals surface area contributed by atoms with Gasteiger partial charge in [-0.3, -0.25) is 9.69 Å². The largest absolute Gasteiger partial charge is 0.378 e. The minimum atomic E-state index is -0.0943. The number of nitrogens with zero attached hydrogens (tertiary/aromatic N) is 4. The van der Waals surface area contributed by atoms with Gasteiger partial charge in [-0.15, -0.1) is 0 Å². The summed E-state index contributed by atoms with van der Waals surface area (Å²) in [5.74, 6) is 2.65. The van der Waals surface area contributed by atoms with E-state index in [1.54, 1.807) is 7.11 Å². The minimum absolute atomic E-state index is 0.0943. The van der Waals surface area contributed by atoms with E-state index in [9.17, 15) is 4.79 Å². The summed E-state index contributed by atoms with van der Waals surface area (Å²) in [6.07, 6.45) is 4.32.